The monoisotopic (exact) mass is 362 g/mol. The first-order valence-corrected chi connectivity index (χ1v) is 11.0. The van der Waals surface area contributed by atoms with E-state index in [0.29, 0.717) is 24.1 Å². The van der Waals surface area contributed by atoms with Gasteiger partial charge in [0.2, 0.25) is 0 Å². The van der Waals surface area contributed by atoms with Crippen LogP contribution in [0.1, 0.15) is 65.7 Å². The molecule has 0 spiro atoms. The maximum absolute atomic E-state index is 5.94. The molecule has 3 unspecified atom stereocenters. The first-order valence-electron chi connectivity index (χ1n) is 11.0. The Morgan fingerprint density at radius 1 is 1.08 bits per heavy atom. The number of hydrogen-bond acceptors (Lipinski definition) is 3. The van der Waals surface area contributed by atoms with Crippen LogP contribution < -0.4 is 10.6 Å². The number of nitrogens with zero attached hydrogens (tertiary/aromatic N) is 2. The molecule has 0 amide bonds. The average molecular weight is 363 g/mol. The predicted molar refractivity (Wildman–Crippen MR) is 107 cm³/mol. The van der Waals surface area contributed by atoms with Crippen molar-refractivity contribution in [3.8, 4) is 0 Å². The Hall–Kier alpha value is -0.810. The van der Waals surface area contributed by atoms with Crippen LogP contribution in [0, 0.1) is 11.3 Å². The summed E-state index contributed by atoms with van der Waals surface area (Å²) in [6, 6.07) is 1.91. The van der Waals surface area contributed by atoms with E-state index in [9.17, 15) is 0 Å². The maximum Gasteiger partial charge on any atom is 0.191 e. The SMILES string of the molecule is CCN=C(NC1CCN(C2CCCC2)CC1)NC1C2CCOC2C1(C)C. The van der Waals surface area contributed by atoms with Crippen molar-refractivity contribution in [2.24, 2.45) is 16.3 Å². The van der Waals surface area contributed by atoms with Gasteiger partial charge >= 0.3 is 0 Å². The topological polar surface area (TPSA) is 48.9 Å². The van der Waals surface area contributed by atoms with E-state index in [1.807, 2.05) is 0 Å². The molecule has 2 heterocycles. The lowest BCUT2D eigenvalue weighted by Crippen LogP contribution is -2.68. The lowest BCUT2D eigenvalue weighted by Gasteiger charge is -2.55. The predicted octanol–water partition coefficient (Wildman–Crippen LogP) is 2.76. The number of rotatable bonds is 4. The first-order chi connectivity index (χ1) is 12.6. The average Bonchev–Trinajstić information content (AvgIpc) is 3.31. The highest BCUT2D eigenvalue weighted by molar-refractivity contribution is 5.80. The minimum atomic E-state index is 0.198. The molecule has 26 heavy (non-hydrogen) atoms. The van der Waals surface area contributed by atoms with Crippen LogP contribution in [0.2, 0.25) is 0 Å². The lowest BCUT2D eigenvalue weighted by atomic mass is 9.57. The highest BCUT2D eigenvalue weighted by Gasteiger charge is 2.59. The minimum absolute atomic E-state index is 0.198. The summed E-state index contributed by atoms with van der Waals surface area (Å²) in [7, 11) is 0. The van der Waals surface area contributed by atoms with Crippen LogP contribution in [0.5, 0.6) is 0 Å². The van der Waals surface area contributed by atoms with Crippen molar-refractivity contribution >= 4 is 5.96 Å². The van der Waals surface area contributed by atoms with Crippen LogP contribution in [0.15, 0.2) is 4.99 Å². The second-order valence-electron chi connectivity index (χ2n) is 9.40. The van der Waals surface area contributed by atoms with Crippen molar-refractivity contribution in [3.05, 3.63) is 0 Å². The molecule has 2 saturated carbocycles. The van der Waals surface area contributed by atoms with Crippen molar-refractivity contribution in [1.82, 2.24) is 15.5 Å². The van der Waals surface area contributed by atoms with Crippen molar-refractivity contribution < 1.29 is 4.74 Å². The second kappa shape index (κ2) is 7.67. The van der Waals surface area contributed by atoms with Gasteiger partial charge < -0.3 is 20.3 Å². The highest BCUT2D eigenvalue weighted by atomic mass is 16.5. The fourth-order valence-electron chi connectivity index (χ4n) is 5.93. The minimum Gasteiger partial charge on any atom is -0.377 e. The third-order valence-corrected chi connectivity index (χ3v) is 7.42. The zero-order chi connectivity index (χ0) is 18.1. The van der Waals surface area contributed by atoms with Crippen molar-refractivity contribution in [1.29, 1.82) is 0 Å². The summed E-state index contributed by atoms with van der Waals surface area (Å²) in [6.07, 6.45) is 9.80. The molecule has 2 saturated heterocycles. The van der Waals surface area contributed by atoms with E-state index >= 15 is 0 Å². The van der Waals surface area contributed by atoms with Crippen LogP contribution in [0.3, 0.4) is 0 Å². The maximum atomic E-state index is 5.94. The van der Waals surface area contributed by atoms with Crippen LogP contribution in [-0.4, -0.2) is 61.3 Å². The van der Waals surface area contributed by atoms with Crippen molar-refractivity contribution in [2.45, 2.75) is 89.9 Å². The Bertz CT molecular complexity index is 506. The number of guanidine groups is 1. The summed E-state index contributed by atoms with van der Waals surface area (Å²) in [5.41, 5.74) is 0.198. The van der Waals surface area contributed by atoms with Crippen molar-refractivity contribution in [2.75, 3.05) is 26.2 Å². The summed E-state index contributed by atoms with van der Waals surface area (Å²) in [5.74, 6) is 1.67. The molecule has 2 aliphatic carbocycles. The van der Waals surface area contributed by atoms with Crippen LogP contribution in [-0.2, 0) is 4.74 Å². The van der Waals surface area contributed by atoms with Gasteiger partial charge in [-0.3, -0.25) is 4.99 Å². The molecule has 0 bridgehead atoms. The summed E-state index contributed by atoms with van der Waals surface area (Å²) >= 11 is 0. The van der Waals surface area contributed by atoms with Gasteiger partial charge in [-0.2, -0.15) is 0 Å². The molecule has 3 atom stereocenters. The summed E-state index contributed by atoms with van der Waals surface area (Å²) in [6.45, 7) is 11.0. The number of hydrogen-bond donors (Lipinski definition) is 2. The molecule has 4 aliphatic rings. The van der Waals surface area contributed by atoms with Gasteiger partial charge in [-0.1, -0.05) is 26.7 Å². The largest absolute Gasteiger partial charge is 0.377 e. The lowest BCUT2D eigenvalue weighted by molar-refractivity contribution is -0.106. The fraction of sp³-hybridized carbons (Fsp3) is 0.952. The quantitative estimate of drug-likeness (QED) is 0.596. The molecule has 2 N–H and O–H groups in total. The van der Waals surface area contributed by atoms with Gasteiger partial charge in [0.25, 0.3) is 0 Å². The summed E-state index contributed by atoms with van der Waals surface area (Å²) in [4.78, 5) is 7.50. The Labute approximate surface area is 159 Å². The standard InChI is InChI=1S/C21H38N4O/c1-4-22-20(24-18-17-11-14-26-19(17)21(18,2)3)23-15-9-12-25(13-10-15)16-7-5-6-8-16/h15-19H,4-14H2,1-3H3,(H2,22,23,24). The molecule has 0 aromatic carbocycles. The smallest absolute Gasteiger partial charge is 0.191 e. The third kappa shape index (κ3) is 3.49. The molecule has 0 aromatic rings. The Morgan fingerprint density at radius 3 is 2.50 bits per heavy atom. The van der Waals surface area contributed by atoms with E-state index in [4.69, 9.17) is 9.73 Å². The van der Waals surface area contributed by atoms with E-state index in [-0.39, 0.29) is 5.41 Å². The van der Waals surface area contributed by atoms with Gasteiger partial charge in [0, 0.05) is 55.7 Å². The molecule has 4 rings (SSSR count). The molecule has 0 aromatic heterocycles. The number of nitrogens with one attached hydrogen (secondary N) is 2. The van der Waals surface area contributed by atoms with Gasteiger partial charge in [0.15, 0.2) is 5.96 Å². The van der Waals surface area contributed by atoms with Crippen LogP contribution in [0.25, 0.3) is 0 Å². The van der Waals surface area contributed by atoms with E-state index < -0.39 is 0 Å². The second-order valence-corrected chi connectivity index (χ2v) is 9.40. The molecule has 5 nitrogen and oxygen atoms in total. The van der Waals surface area contributed by atoms with E-state index in [0.717, 1.165) is 25.2 Å². The number of piperidine rings is 1. The van der Waals surface area contributed by atoms with Gasteiger partial charge in [-0.05, 0) is 39.0 Å². The Kier molecular flexibility index (Phi) is 5.47. The van der Waals surface area contributed by atoms with E-state index in [1.165, 1.54) is 58.0 Å². The fourth-order valence-corrected chi connectivity index (χ4v) is 5.93. The molecule has 5 heteroatoms. The molecule has 0 radical (unpaired) electrons. The van der Waals surface area contributed by atoms with Gasteiger partial charge in [0.05, 0.1) is 6.10 Å². The molecular formula is C21H38N4O. The Balaban J connectivity index is 1.30. The van der Waals surface area contributed by atoms with Gasteiger partial charge in [-0.15, -0.1) is 0 Å². The number of fused-ring (bicyclic) bond motifs is 1. The number of likely N-dealkylation sites (tertiary alicyclic amines) is 1. The number of aliphatic imine (C=N–C) groups is 1. The van der Waals surface area contributed by atoms with Gasteiger partial charge in [-0.25, -0.2) is 0 Å². The third-order valence-electron chi connectivity index (χ3n) is 7.42. The Morgan fingerprint density at radius 2 is 1.81 bits per heavy atom. The van der Waals surface area contributed by atoms with Crippen LogP contribution in [0.4, 0.5) is 0 Å². The zero-order valence-electron chi connectivity index (χ0n) is 17.0. The van der Waals surface area contributed by atoms with Gasteiger partial charge in [0.1, 0.15) is 0 Å². The highest BCUT2D eigenvalue weighted by Crippen LogP contribution is 2.52. The van der Waals surface area contributed by atoms with Crippen LogP contribution >= 0.6 is 0 Å². The first kappa shape index (κ1) is 18.5. The molecule has 4 fully saturated rings. The summed E-state index contributed by atoms with van der Waals surface area (Å²) < 4.78 is 5.94. The molecular weight excluding hydrogens is 324 g/mol. The summed E-state index contributed by atoms with van der Waals surface area (Å²) in [5, 5.41) is 7.53. The van der Waals surface area contributed by atoms with E-state index in [2.05, 4.69) is 36.3 Å². The van der Waals surface area contributed by atoms with Crippen molar-refractivity contribution in [3.63, 3.8) is 0 Å². The normalized spacial score (nSPS) is 36.0. The van der Waals surface area contributed by atoms with E-state index in [1.54, 1.807) is 0 Å². The number of ether oxygens (including phenoxy) is 1. The zero-order valence-corrected chi connectivity index (χ0v) is 17.0. The molecule has 148 valence electrons. The molecule has 2 aliphatic heterocycles.